The molecule has 1 rings (SSSR count). The van der Waals surface area contributed by atoms with Crippen molar-refractivity contribution < 1.29 is 4.79 Å². The Hall–Kier alpha value is -1.63. The van der Waals surface area contributed by atoms with E-state index in [4.69, 9.17) is 0 Å². The first-order chi connectivity index (χ1) is 9.86. The van der Waals surface area contributed by atoms with Gasteiger partial charge in [0.2, 0.25) is 0 Å². The van der Waals surface area contributed by atoms with Gasteiger partial charge in [-0.3, -0.25) is 4.79 Å². The van der Waals surface area contributed by atoms with Crippen LogP contribution >= 0.6 is 0 Å². The molecule has 114 valence electrons. The maximum atomic E-state index is 10.3. The van der Waals surface area contributed by atoms with Crippen LogP contribution in [0, 0.1) is 5.41 Å². The monoisotopic (exact) mass is 284 g/mol. The maximum absolute atomic E-state index is 10.3. The van der Waals surface area contributed by atoms with Crippen molar-refractivity contribution in [2.75, 3.05) is 0 Å². The third-order valence-corrected chi connectivity index (χ3v) is 4.10. The van der Waals surface area contributed by atoms with Crippen LogP contribution in [-0.2, 0) is 4.79 Å². The molecule has 0 saturated carbocycles. The third kappa shape index (κ3) is 5.71. The fraction of sp³-hybridized carbons (Fsp3) is 0.450. The highest BCUT2D eigenvalue weighted by Gasteiger charge is 2.26. The van der Waals surface area contributed by atoms with Crippen molar-refractivity contribution in [1.29, 1.82) is 0 Å². The predicted molar refractivity (Wildman–Crippen MR) is 92.2 cm³/mol. The molecule has 0 spiro atoms. The molecular weight excluding hydrogens is 256 g/mol. The van der Waals surface area contributed by atoms with Crippen molar-refractivity contribution in [2.24, 2.45) is 5.41 Å². The number of aldehydes is 1. The summed E-state index contributed by atoms with van der Waals surface area (Å²) in [6, 6.07) is 0. The molecule has 0 N–H and O–H groups in total. The highest BCUT2D eigenvalue weighted by Crippen LogP contribution is 2.40. The quantitative estimate of drug-likeness (QED) is 0.358. The average molecular weight is 284 g/mol. The van der Waals surface area contributed by atoms with E-state index in [1.165, 1.54) is 36.0 Å². The molecule has 0 unspecified atom stereocenters. The predicted octanol–water partition coefficient (Wildman–Crippen LogP) is 5.72. The topological polar surface area (TPSA) is 17.1 Å². The van der Waals surface area contributed by atoms with Gasteiger partial charge in [-0.15, -0.1) is 0 Å². The van der Waals surface area contributed by atoms with E-state index in [-0.39, 0.29) is 5.41 Å². The highest BCUT2D eigenvalue weighted by atomic mass is 16.1. The van der Waals surface area contributed by atoms with Crippen molar-refractivity contribution in [2.45, 2.75) is 53.9 Å². The fourth-order valence-electron chi connectivity index (χ4n) is 2.80. The van der Waals surface area contributed by atoms with Crippen molar-refractivity contribution in [1.82, 2.24) is 0 Å². The maximum Gasteiger partial charge on any atom is 0.143 e. The van der Waals surface area contributed by atoms with Crippen LogP contribution in [0.15, 0.2) is 58.7 Å². The molecule has 0 aromatic heterocycles. The minimum atomic E-state index is 0.290. The van der Waals surface area contributed by atoms with Gasteiger partial charge in [0.1, 0.15) is 6.29 Å². The zero-order chi connectivity index (χ0) is 15.9. The SMILES string of the molecule is CC(C=C/C=C(/C)C=CC1=C(C)CCCC1(C)C)=CC=O. The molecule has 0 radical (unpaired) electrons. The Bertz CT molecular complexity index is 522. The molecule has 0 saturated heterocycles. The minimum absolute atomic E-state index is 0.290. The number of carbonyl (C=O) groups excluding carboxylic acids is 1. The Balaban J connectivity index is 2.80. The molecule has 0 fully saturated rings. The smallest absolute Gasteiger partial charge is 0.143 e. The van der Waals surface area contributed by atoms with E-state index in [0.717, 1.165) is 11.9 Å². The lowest BCUT2D eigenvalue weighted by atomic mass is 9.72. The molecule has 0 aromatic rings. The fourth-order valence-corrected chi connectivity index (χ4v) is 2.80. The van der Waals surface area contributed by atoms with Crippen LogP contribution in [0.4, 0.5) is 0 Å². The van der Waals surface area contributed by atoms with Gasteiger partial charge in [0, 0.05) is 0 Å². The standard InChI is InChI=1S/C20H28O/c1-16(8-6-9-17(2)13-15-21)11-12-19-18(3)10-7-14-20(19,4)5/h6,8-9,11-13,15H,7,10,14H2,1-5H3/b9-6?,12-11?,16-8-,17-13?. The Morgan fingerprint density at radius 2 is 1.76 bits per heavy atom. The summed E-state index contributed by atoms with van der Waals surface area (Å²) in [6.45, 7) is 10.9. The van der Waals surface area contributed by atoms with Crippen LogP contribution < -0.4 is 0 Å². The van der Waals surface area contributed by atoms with Gasteiger partial charge in [-0.05, 0) is 62.7 Å². The molecule has 1 heteroatoms. The van der Waals surface area contributed by atoms with Gasteiger partial charge in [-0.2, -0.15) is 0 Å². The van der Waals surface area contributed by atoms with Crippen LogP contribution in [0.5, 0.6) is 0 Å². The van der Waals surface area contributed by atoms with Gasteiger partial charge in [0.15, 0.2) is 0 Å². The van der Waals surface area contributed by atoms with Crippen LogP contribution in [0.2, 0.25) is 0 Å². The van der Waals surface area contributed by atoms with Gasteiger partial charge in [0.25, 0.3) is 0 Å². The van der Waals surface area contributed by atoms with Crippen LogP contribution in [-0.4, -0.2) is 6.29 Å². The molecule has 0 aliphatic heterocycles. The second-order valence-electron chi connectivity index (χ2n) is 6.58. The summed E-state index contributed by atoms with van der Waals surface area (Å²) in [7, 11) is 0. The normalized spacial score (nSPS) is 20.6. The number of carbonyl (C=O) groups is 1. The van der Waals surface area contributed by atoms with Crippen molar-refractivity contribution in [3.63, 3.8) is 0 Å². The lowest BCUT2D eigenvalue weighted by molar-refractivity contribution is -0.104. The molecule has 0 aromatic carbocycles. The molecule has 1 nitrogen and oxygen atoms in total. The Kier molecular flexibility index (Phi) is 6.61. The summed E-state index contributed by atoms with van der Waals surface area (Å²) in [4.78, 5) is 10.3. The largest absolute Gasteiger partial charge is 0.299 e. The summed E-state index contributed by atoms with van der Waals surface area (Å²) in [5, 5.41) is 0. The average Bonchev–Trinajstić information content (AvgIpc) is 2.37. The highest BCUT2D eigenvalue weighted by molar-refractivity contribution is 5.66. The summed E-state index contributed by atoms with van der Waals surface area (Å²) in [5.41, 5.74) is 5.48. The Morgan fingerprint density at radius 1 is 1.10 bits per heavy atom. The van der Waals surface area contributed by atoms with Gasteiger partial charge < -0.3 is 0 Å². The first kappa shape index (κ1) is 17.4. The molecule has 0 bridgehead atoms. The second-order valence-corrected chi connectivity index (χ2v) is 6.58. The summed E-state index contributed by atoms with van der Waals surface area (Å²) in [6.07, 6.45) is 16.6. The summed E-state index contributed by atoms with van der Waals surface area (Å²) >= 11 is 0. The van der Waals surface area contributed by atoms with Crippen molar-refractivity contribution in [3.8, 4) is 0 Å². The molecular formula is C20H28O. The van der Waals surface area contributed by atoms with Crippen LogP contribution in [0.1, 0.15) is 53.9 Å². The van der Waals surface area contributed by atoms with Gasteiger partial charge >= 0.3 is 0 Å². The van der Waals surface area contributed by atoms with E-state index in [0.29, 0.717) is 0 Å². The van der Waals surface area contributed by atoms with E-state index in [1.807, 2.05) is 19.1 Å². The van der Waals surface area contributed by atoms with E-state index in [1.54, 1.807) is 6.08 Å². The molecule has 0 amide bonds. The molecule has 0 heterocycles. The van der Waals surface area contributed by atoms with E-state index in [9.17, 15) is 4.79 Å². The Morgan fingerprint density at radius 3 is 2.38 bits per heavy atom. The lowest BCUT2D eigenvalue weighted by Crippen LogP contribution is -2.19. The van der Waals surface area contributed by atoms with Crippen molar-refractivity contribution in [3.05, 3.63) is 58.7 Å². The van der Waals surface area contributed by atoms with Gasteiger partial charge in [0.05, 0.1) is 0 Å². The van der Waals surface area contributed by atoms with Crippen LogP contribution in [0.3, 0.4) is 0 Å². The third-order valence-electron chi connectivity index (χ3n) is 4.10. The van der Waals surface area contributed by atoms with Gasteiger partial charge in [-0.25, -0.2) is 0 Å². The lowest BCUT2D eigenvalue weighted by Gasteiger charge is -2.32. The van der Waals surface area contributed by atoms with Crippen molar-refractivity contribution >= 4 is 6.29 Å². The first-order valence-electron chi connectivity index (χ1n) is 7.72. The number of rotatable bonds is 5. The number of allylic oxidation sites excluding steroid dienone is 10. The second kappa shape index (κ2) is 7.97. The molecule has 0 atom stereocenters. The first-order valence-corrected chi connectivity index (χ1v) is 7.72. The number of hydrogen-bond acceptors (Lipinski definition) is 1. The molecule has 1 aliphatic carbocycles. The zero-order valence-electron chi connectivity index (χ0n) is 14.1. The van der Waals surface area contributed by atoms with E-state index < -0.39 is 0 Å². The number of hydrogen-bond donors (Lipinski definition) is 0. The minimum Gasteiger partial charge on any atom is -0.299 e. The van der Waals surface area contributed by atoms with Gasteiger partial charge in [-0.1, -0.05) is 55.4 Å². The van der Waals surface area contributed by atoms with Crippen LogP contribution in [0.25, 0.3) is 0 Å². The summed E-state index contributed by atoms with van der Waals surface area (Å²) in [5.74, 6) is 0. The molecule has 21 heavy (non-hydrogen) atoms. The summed E-state index contributed by atoms with van der Waals surface area (Å²) < 4.78 is 0. The van der Waals surface area contributed by atoms with E-state index in [2.05, 4.69) is 45.9 Å². The molecule has 1 aliphatic rings. The van der Waals surface area contributed by atoms with E-state index >= 15 is 0 Å². The zero-order valence-corrected chi connectivity index (χ0v) is 14.1. The Labute approximate surface area is 129 Å².